The summed E-state index contributed by atoms with van der Waals surface area (Å²) in [6.45, 7) is 2.33. The Labute approximate surface area is 60.9 Å². The first kappa shape index (κ1) is 8.77. The van der Waals surface area contributed by atoms with Crippen LogP contribution in [0.15, 0.2) is 12.3 Å². The van der Waals surface area contributed by atoms with Gasteiger partial charge in [-0.15, -0.1) is 6.42 Å². The lowest BCUT2D eigenvalue weighted by Gasteiger charge is -1.96. The molecule has 0 aromatic rings. The topological polar surface area (TPSA) is 26.3 Å². The van der Waals surface area contributed by atoms with Gasteiger partial charge in [-0.1, -0.05) is 12.8 Å². The summed E-state index contributed by atoms with van der Waals surface area (Å²) in [5, 5.41) is 0. The molecule has 0 aliphatic carbocycles. The summed E-state index contributed by atoms with van der Waals surface area (Å²) < 4.78 is 4.31. The van der Waals surface area contributed by atoms with Crippen molar-refractivity contribution in [2.45, 2.75) is 13.3 Å². The molecule has 2 nitrogen and oxygen atoms in total. The average molecular weight is 138 g/mol. The highest BCUT2D eigenvalue weighted by Gasteiger charge is 1.92. The minimum atomic E-state index is 0.0694. The summed E-state index contributed by atoms with van der Waals surface area (Å²) in [6, 6.07) is 0. The number of rotatable bonds is 4. The van der Waals surface area contributed by atoms with Gasteiger partial charge in [0.15, 0.2) is 0 Å². The molecule has 0 bridgehead atoms. The van der Waals surface area contributed by atoms with Crippen LogP contribution in [-0.4, -0.2) is 6.47 Å². The SMILES string of the molecule is C#CC(/C=C\OC=O)CC. The van der Waals surface area contributed by atoms with Crippen molar-refractivity contribution < 1.29 is 9.53 Å². The molecule has 1 atom stereocenters. The third kappa shape index (κ3) is 3.73. The summed E-state index contributed by atoms with van der Waals surface area (Å²) in [4.78, 5) is 9.64. The lowest BCUT2D eigenvalue weighted by molar-refractivity contribution is -0.123. The monoisotopic (exact) mass is 138 g/mol. The molecule has 0 N–H and O–H groups in total. The third-order valence-electron chi connectivity index (χ3n) is 1.10. The van der Waals surface area contributed by atoms with Crippen LogP contribution in [0.4, 0.5) is 0 Å². The van der Waals surface area contributed by atoms with Crippen molar-refractivity contribution in [3.05, 3.63) is 12.3 Å². The Morgan fingerprint density at radius 3 is 2.90 bits per heavy atom. The van der Waals surface area contributed by atoms with Crippen LogP contribution in [-0.2, 0) is 9.53 Å². The van der Waals surface area contributed by atoms with E-state index >= 15 is 0 Å². The maximum atomic E-state index is 9.64. The van der Waals surface area contributed by atoms with E-state index < -0.39 is 0 Å². The quantitative estimate of drug-likeness (QED) is 0.333. The molecule has 1 unspecified atom stereocenters. The molecule has 0 radical (unpaired) electrons. The molecular weight excluding hydrogens is 128 g/mol. The molecule has 0 saturated heterocycles. The number of hydrogen-bond donors (Lipinski definition) is 0. The van der Waals surface area contributed by atoms with Crippen LogP contribution in [0.1, 0.15) is 13.3 Å². The lowest BCUT2D eigenvalue weighted by atomic mass is 10.1. The number of carbonyl (C=O) groups excluding carboxylic acids is 1. The van der Waals surface area contributed by atoms with E-state index in [-0.39, 0.29) is 5.92 Å². The highest BCUT2D eigenvalue weighted by molar-refractivity contribution is 5.38. The zero-order chi connectivity index (χ0) is 7.82. The van der Waals surface area contributed by atoms with E-state index in [2.05, 4.69) is 10.7 Å². The lowest BCUT2D eigenvalue weighted by Crippen LogP contribution is -1.88. The molecule has 0 aliphatic heterocycles. The van der Waals surface area contributed by atoms with E-state index in [0.29, 0.717) is 6.47 Å². The van der Waals surface area contributed by atoms with Gasteiger partial charge in [0.2, 0.25) is 0 Å². The van der Waals surface area contributed by atoms with Gasteiger partial charge in [0.1, 0.15) is 0 Å². The van der Waals surface area contributed by atoms with E-state index in [1.165, 1.54) is 6.26 Å². The minimum Gasteiger partial charge on any atom is -0.437 e. The summed E-state index contributed by atoms with van der Waals surface area (Å²) in [5.74, 6) is 2.60. The van der Waals surface area contributed by atoms with Crippen molar-refractivity contribution in [1.82, 2.24) is 0 Å². The summed E-state index contributed by atoms with van der Waals surface area (Å²) in [5.41, 5.74) is 0. The van der Waals surface area contributed by atoms with E-state index in [1.54, 1.807) is 6.08 Å². The van der Waals surface area contributed by atoms with Gasteiger partial charge in [-0.05, 0) is 12.5 Å². The Hall–Kier alpha value is -1.23. The van der Waals surface area contributed by atoms with Crippen LogP contribution in [0.3, 0.4) is 0 Å². The van der Waals surface area contributed by atoms with E-state index in [0.717, 1.165) is 6.42 Å². The Morgan fingerprint density at radius 1 is 1.80 bits per heavy atom. The molecule has 0 saturated carbocycles. The van der Waals surface area contributed by atoms with Crippen molar-refractivity contribution in [2.24, 2.45) is 5.92 Å². The van der Waals surface area contributed by atoms with E-state index in [9.17, 15) is 4.79 Å². The van der Waals surface area contributed by atoms with Crippen LogP contribution in [0.25, 0.3) is 0 Å². The molecule has 10 heavy (non-hydrogen) atoms. The van der Waals surface area contributed by atoms with Crippen LogP contribution in [0.5, 0.6) is 0 Å². The van der Waals surface area contributed by atoms with Gasteiger partial charge in [0, 0.05) is 5.92 Å². The molecule has 0 aromatic heterocycles. The first-order valence-corrected chi connectivity index (χ1v) is 3.07. The van der Waals surface area contributed by atoms with Gasteiger partial charge >= 0.3 is 0 Å². The number of allylic oxidation sites excluding steroid dienone is 1. The normalized spacial score (nSPS) is 12.4. The van der Waals surface area contributed by atoms with Crippen LogP contribution in [0, 0.1) is 18.3 Å². The first-order chi connectivity index (χ1) is 4.85. The molecule has 54 valence electrons. The van der Waals surface area contributed by atoms with Gasteiger partial charge in [-0.2, -0.15) is 0 Å². The number of terminal acetylenes is 1. The maximum absolute atomic E-state index is 9.64. The zero-order valence-corrected chi connectivity index (χ0v) is 5.91. The second-order valence-electron chi connectivity index (χ2n) is 1.74. The summed E-state index contributed by atoms with van der Waals surface area (Å²) in [6.07, 6.45) is 8.96. The minimum absolute atomic E-state index is 0.0694. The fourth-order valence-corrected chi connectivity index (χ4v) is 0.482. The van der Waals surface area contributed by atoms with Crippen molar-refractivity contribution in [3.8, 4) is 12.3 Å². The zero-order valence-electron chi connectivity index (χ0n) is 5.91. The van der Waals surface area contributed by atoms with Crippen molar-refractivity contribution in [2.75, 3.05) is 0 Å². The smallest absolute Gasteiger partial charge is 0.297 e. The average Bonchev–Trinajstić information content (AvgIpc) is 1.99. The van der Waals surface area contributed by atoms with Crippen molar-refractivity contribution >= 4 is 6.47 Å². The first-order valence-electron chi connectivity index (χ1n) is 3.07. The van der Waals surface area contributed by atoms with Crippen LogP contribution in [0.2, 0.25) is 0 Å². The summed E-state index contributed by atoms with van der Waals surface area (Å²) >= 11 is 0. The molecule has 0 aliphatic rings. The van der Waals surface area contributed by atoms with Crippen molar-refractivity contribution in [1.29, 1.82) is 0 Å². The number of carbonyl (C=O) groups is 1. The van der Waals surface area contributed by atoms with Crippen LogP contribution < -0.4 is 0 Å². The summed E-state index contributed by atoms with van der Waals surface area (Å²) in [7, 11) is 0. The Bertz CT molecular complexity index is 153. The maximum Gasteiger partial charge on any atom is 0.297 e. The predicted molar refractivity (Wildman–Crippen MR) is 38.9 cm³/mol. The molecule has 0 amide bonds. The fourth-order valence-electron chi connectivity index (χ4n) is 0.482. The van der Waals surface area contributed by atoms with Gasteiger partial charge in [0.25, 0.3) is 6.47 Å². The third-order valence-corrected chi connectivity index (χ3v) is 1.10. The van der Waals surface area contributed by atoms with Gasteiger partial charge < -0.3 is 4.74 Å². The number of hydrogen-bond acceptors (Lipinski definition) is 2. The highest BCUT2D eigenvalue weighted by Crippen LogP contribution is 2.01. The van der Waals surface area contributed by atoms with Gasteiger partial charge in [-0.25, -0.2) is 0 Å². The molecule has 0 rings (SSSR count). The van der Waals surface area contributed by atoms with E-state index in [1.807, 2.05) is 6.92 Å². The predicted octanol–water partition coefficient (Wildman–Crippen LogP) is 1.33. The second-order valence-corrected chi connectivity index (χ2v) is 1.74. The highest BCUT2D eigenvalue weighted by atomic mass is 16.5. The molecular formula is C8H10O2. The molecule has 0 heterocycles. The Balaban J connectivity index is 3.63. The number of ether oxygens (including phenoxy) is 1. The largest absolute Gasteiger partial charge is 0.437 e. The second kappa shape index (κ2) is 5.90. The van der Waals surface area contributed by atoms with Gasteiger partial charge in [0.05, 0.1) is 6.26 Å². The fraction of sp³-hybridized carbons (Fsp3) is 0.375. The van der Waals surface area contributed by atoms with Gasteiger partial charge in [-0.3, -0.25) is 4.79 Å². The van der Waals surface area contributed by atoms with Crippen LogP contribution >= 0.6 is 0 Å². The standard InChI is InChI=1S/C8H10O2/c1-3-8(4-2)5-6-10-7-9/h1,5-8H,4H2,2H3/b6-5-. The van der Waals surface area contributed by atoms with E-state index in [4.69, 9.17) is 6.42 Å². The Morgan fingerprint density at radius 2 is 2.50 bits per heavy atom. The molecule has 0 fully saturated rings. The molecule has 0 spiro atoms. The Kier molecular flexibility index (Phi) is 5.17. The van der Waals surface area contributed by atoms with Crippen molar-refractivity contribution in [3.63, 3.8) is 0 Å². The molecule has 2 heteroatoms. The molecule has 0 aromatic carbocycles.